The maximum absolute atomic E-state index is 12.1. The predicted octanol–water partition coefficient (Wildman–Crippen LogP) is 2.56. The second kappa shape index (κ2) is 4.90. The number of thioether (sulfide) groups is 1. The van der Waals surface area contributed by atoms with Crippen molar-refractivity contribution in [3.63, 3.8) is 0 Å². The Hall–Kier alpha value is -1.07. The standard InChI is InChI=1S/C13H14N2OS2/c1-17-12-10-5-2-6-11(10)15(13(16)14-12)8-9-4-3-7-18-9/h3-4,7H,2,5-6,8H2,1H3. The highest BCUT2D eigenvalue weighted by atomic mass is 32.2. The van der Waals surface area contributed by atoms with Crippen LogP contribution in [0.3, 0.4) is 0 Å². The molecule has 5 heteroatoms. The molecule has 0 N–H and O–H groups in total. The largest absolute Gasteiger partial charge is 0.349 e. The Balaban J connectivity index is 2.10. The van der Waals surface area contributed by atoms with Crippen LogP contribution in [-0.4, -0.2) is 15.8 Å². The third-order valence-electron chi connectivity index (χ3n) is 3.29. The molecule has 0 saturated heterocycles. The lowest BCUT2D eigenvalue weighted by Gasteiger charge is -2.12. The number of rotatable bonds is 3. The molecule has 0 fully saturated rings. The first-order valence-electron chi connectivity index (χ1n) is 5.98. The number of hydrogen-bond acceptors (Lipinski definition) is 4. The summed E-state index contributed by atoms with van der Waals surface area (Å²) in [5.74, 6) is 0. The molecule has 1 aliphatic carbocycles. The minimum Gasteiger partial charge on any atom is -0.291 e. The van der Waals surface area contributed by atoms with Crippen molar-refractivity contribution in [2.75, 3.05) is 6.26 Å². The van der Waals surface area contributed by atoms with Crippen LogP contribution in [0.15, 0.2) is 27.3 Å². The van der Waals surface area contributed by atoms with Crippen molar-refractivity contribution in [1.29, 1.82) is 0 Å². The van der Waals surface area contributed by atoms with Gasteiger partial charge in [0.15, 0.2) is 0 Å². The number of aromatic nitrogens is 2. The third-order valence-corrected chi connectivity index (χ3v) is 4.87. The van der Waals surface area contributed by atoms with Crippen LogP contribution in [0.5, 0.6) is 0 Å². The smallest absolute Gasteiger partial charge is 0.291 e. The summed E-state index contributed by atoms with van der Waals surface area (Å²) < 4.78 is 1.86. The zero-order valence-electron chi connectivity index (χ0n) is 10.2. The van der Waals surface area contributed by atoms with Crippen molar-refractivity contribution in [2.24, 2.45) is 0 Å². The average Bonchev–Trinajstić information content (AvgIpc) is 3.02. The number of hydrogen-bond donors (Lipinski definition) is 0. The fourth-order valence-electron chi connectivity index (χ4n) is 2.48. The van der Waals surface area contributed by atoms with Gasteiger partial charge in [-0.25, -0.2) is 4.79 Å². The molecule has 3 rings (SSSR count). The lowest BCUT2D eigenvalue weighted by Crippen LogP contribution is -2.27. The normalized spacial score (nSPS) is 13.8. The van der Waals surface area contributed by atoms with Gasteiger partial charge in [-0.05, 0) is 37.0 Å². The number of thiophene rings is 1. The fraction of sp³-hybridized carbons (Fsp3) is 0.385. The topological polar surface area (TPSA) is 34.9 Å². The molecule has 0 spiro atoms. The maximum atomic E-state index is 12.1. The van der Waals surface area contributed by atoms with Crippen LogP contribution in [-0.2, 0) is 19.4 Å². The molecule has 0 unspecified atom stereocenters. The van der Waals surface area contributed by atoms with Gasteiger partial charge in [0.1, 0.15) is 5.03 Å². The van der Waals surface area contributed by atoms with Gasteiger partial charge in [-0.15, -0.1) is 23.1 Å². The van der Waals surface area contributed by atoms with Crippen molar-refractivity contribution in [1.82, 2.24) is 9.55 Å². The highest BCUT2D eigenvalue weighted by Gasteiger charge is 2.21. The second-order valence-electron chi connectivity index (χ2n) is 4.35. The molecule has 94 valence electrons. The van der Waals surface area contributed by atoms with E-state index in [4.69, 9.17) is 0 Å². The molecule has 0 aromatic carbocycles. The first-order valence-corrected chi connectivity index (χ1v) is 8.09. The summed E-state index contributed by atoms with van der Waals surface area (Å²) in [5.41, 5.74) is 2.39. The van der Waals surface area contributed by atoms with E-state index in [9.17, 15) is 4.79 Å². The molecule has 2 heterocycles. The number of fused-ring (bicyclic) bond motifs is 1. The highest BCUT2D eigenvalue weighted by molar-refractivity contribution is 7.98. The second-order valence-corrected chi connectivity index (χ2v) is 6.18. The summed E-state index contributed by atoms with van der Waals surface area (Å²) in [7, 11) is 0. The molecular formula is C13H14N2OS2. The van der Waals surface area contributed by atoms with Crippen LogP contribution in [0.1, 0.15) is 22.6 Å². The van der Waals surface area contributed by atoms with Crippen LogP contribution < -0.4 is 5.69 Å². The SMILES string of the molecule is CSc1nc(=O)n(Cc2cccs2)c2c1CCC2. The van der Waals surface area contributed by atoms with Crippen molar-refractivity contribution in [3.8, 4) is 0 Å². The Bertz CT molecular complexity index is 617. The lowest BCUT2D eigenvalue weighted by atomic mass is 10.2. The average molecular weight is 278 g/mol. The highest BCUT2D eigenvalue weighted by Crippen LogP contribution is 2.28. The van der Waals surface area contributed by atoms with Gasteiger partial charge in [0.2, 0.25) is 0 Å². The summed E-state index contributed by atoms with van der Waals surface area (Å²) in [6, 6.07) is 4.09. The Morgan fingerprint density at radius 3 is 3.11 bits per heavy atom. The van der Waals surface area contributed by atoms with Crippen molar-refractivity contribution >= 4 is 23.1 Å². The Kier molecular flexibility index (Phi) is 3.26. The van der Waals surface area contributed by atoms with E-state index in [1.807, 2.05) is 22.3 Å². The molecule has 18 heavy (non-hydrogen) atoms. The Morgan fingerprint density at radius 1 is 1.50 bits per heavy atom. The molecule has 0 aliphatic heterocycles. The van der Waals surface area contributed by atoms with Crippen LogP contribution in [0.4, 0.5) is 0 Å². The molecule has 2 aromatic heterocycles. The van der Waals surface area contributed by atoms with Gasteiger partial charge in [0, 0.05) is 16.1 Å². The lowest BCUT2D eigenvalue weighted by molar-refractivity contribution is 0.673. The molecule has 0 amide bonds. The van der Waals surface area contributed by atoms with Gasteiger partial charge in [0.25, 0.3) is 0 Å². The maximum Gasteiger partial charge on any atom is 0.349 e. The van der Waals surface area contributed by atoms with Crippen molar-refractivity contribution < 1.29 is 0 Å². The monoisotopic (exact) mass is 278 g/mol. The first kappa shape index (κ1) is 12.0. The van der Waals surface area contributed by atoms with E-state index in [1.165, 1.54) is 16.1 Å². The summed E-state index contributed by atoms with van der Waals surface area (Å²) in [4.78, 5) is 17.6. The summed E-state index contributed by atoms with van der Waals surface area (Å²) in [5, 5.41) is 2.97. The molecule has 1 aliphatic rings. The van der Waals surface area contributed by atoms with E-state index in [1.54, 1.807) is 23.1 Å². The van der Waals surface area contributed by atoms with E-state index in [0.29, 0.717) is 6.54 Å². The van der Waals surface area contributed by atoms with Crippen LogP contribution >= 0.6 is 23.1 Å². The zero-order chi connectivity index (χ0) is 12.5. The Morgan fingerprint density at radius 2 is 2.39 bits per heavy atom. The predicted molar refractivity (Wildman–Crippen MR) is 75.7 cm³/mol. The van der Waals surface area contributed by atoms with E-state index in [0.717, 1.165) is 24.3 Å². The molecule has 0 radical (unpaired) electrons. The van der Waals surface area contributed by atoms with E-state index < -0.39 is 0 Å². The van der Waals surface area contributed by atoms with Gasteiger partial charge in [-0.2, -0.15) is 4.98 Å². The molecule has 0 bridgehead atoms. The minimum absolute atomic E-state index is 0.103. The van der Waals surface area contributed by atoms with Gasteiger partial charge < -0.3 is 0 Å². The van der Waals surface area contributed by atoms with Crippen molar-refractivity contribution in [2.45, 2.75) is 30.8 Å². The van der Waals surface area contributed by atoms with Gasteiger partial charge in [-0.1, -0.05) is 6.07 Å². The molecule has 2 aromatic rings. The van der Waals surface area contributed by atoms with Gasteiger partial charge in [-0.3, -0.25) is 4.57 Å². The van der Waals surface area contributed by atoms with Crippen molar-refractivity contribution in [3.05, 3.63) is 44.1 Å². The van der Waals surface area contributed by atoms with Gasteiger partial charge >= 0.3 is 5.69 Å². The third kappa shape index (κ3) is 2.01. The van der Waals surface area contributed by atoms with E-state index in [2.05, 4.69) is 11.1 Å². The van der Waals surface area contributed by atoms with E-state index in [-0.39, 0.29) is 5.69 Å². The summed E-state index contributed by atoms with van der Waals surface area (Å²) in [6.07, 6.45) is 5.19. The molecule has 0 atom stereocenters. The first-order chi connectivity index (χ1) is 8.79. The van der Waals surface area contributed by atoms with Crippen LogP contribution in [0.25, 0.3) is 0 Å². The minimum atomic E-state index is -0.103. The summed E-state index contributed by atoms with van der Waals surface area (Å²) in [6.45, 7) is 0.667. The van der Waals surface area contributed by atoms with Crippen LogP contribution in [0, 0.1) is 0 Å². The van der Waals surface area contributed by atoms with Crippen LogP contribution in [0.2, 0.25) is 0 Å². The number of nitrogens with zero attached hydrogens (tertiary/aromatic N) is 2. The summed E-state index contributed by atoms with van der Waals surface area (Å²) >= 11 is 3.27. The zero-order valence-corrected chi connectivity index (χ0v) is 11.8. The Labute approximate surface area is 114 Å². The molecule has 3 nitrogen and oxygen atoms in total. The van der Waals surface area contributed by atoms with Gasteiger partial charge in [0.05, 0.1) is 6.54 Å². The van der Waals surface area contributed by atoms with E-state index >= 15 is 0 Å². The molecule has 0 saturated carbocycles. The fourth-order valence-corrected chi connectivity index (χ4v) is 3.80. The quantitative estimate of drug-likeness (QED) is 0.639. The molecular weight excluding hydrogens is 264 g/mol.